The number of hydrogen-bond acceptors (Lipinski definition) is 5. The first kappa shape index (κ1) is 18.8. The van der Waals surface area contributed by atoms with E-state index < -0.39 is 0 Å². The van der Waals surface area contributed by atoms with E-state index in [0.29, 0.717) is 13.2 Å². The summed E-state index contributed by atoms with van der Waals surface area (Å²) in [5.74, 6) is 1.89. The highest BCUT2D eigenvalue weighted by Crippen LogP contribution is 2.32. The molecule has 2 aliphatic rings. The molecular formula is C17H26ClN3O3. The van der Waals surface area contributed by atoms with Gasteiger partial charge in [-0.15, -0.1) is 12.4 Å². The minimum atomic E-state index is 0. The number of piperazine rings is 1. The van der Waals surface area contributed by atoms with Crippen molar-refractivity contribution in [2.75, 3.05) is 46.1 Å². The zero-order chi connectivity index (χ0) is 16.1. The maximum absolute atomic E-state index is 12.3. The highest BCUT2D eigenvalue weighted by atomic mass is 35.5. The van der Waals surface area contributed by atoms with Crippen LogP contribution in [0.15, 0.2) is 18.2 Å². The Hall–Kier alpha value is -1.50. The van der Waals surface area contributed by atoms with Crippen molar-refractivity contribution in [3.8, 4) is 11.5 Å². The van der Waals surface area contributed by atoms with Crippen LogP contribution in [0.5, 0.6) is 11.5 Å². The molecule has 0 aromatic heterocycles. The molecule has 1 fully saturated rings. The fourth-order valence-electron chi connectivity index (χ4n) is 2.97. The lowest BCUT2D eigenvalue weighted by Gasteiger charge is -2.28. The van der Waals surface area contributed by atoms with Crippen molar-refractivity contribution >= 4 is 18.3 Å². The molecule has 1 aromatic carbocycles. The van der Waals surface area contributed by atoms with Crippen LogP contribution in [-0.2, 0) is 11.3 Å². The quantitative estimate of drug-likeness (QED) is 0.837. The van der Waals surface area contributed by atoms with Gasteiger partial charge < -0.3 is 19.7 Å². The molecule has 0 atom stereocenters. The second-order valence-electron chi connectivity index (χ2n) is 5.94. The van der Waals surface area contributed by atoms with Crippen LogP contribution in [0.4, 0.5) is 0 Å². The summed E-state index contributed by atoms with van der Waals surface area (Å²) >= 11 is 0. The van der Waals surface area contributed by atoms with Gasteiger partial charge in [0.1, 0.15) is 0 Å². The molecule has 0 saturated carbocycles. The monoisotopic (exact) mass is 355 g/mol. The lowest BCUT2D eigenvalue weighted by Crippen LogP contribution is -2.47. The van der Waals surface area contributed by atoms with Crippen molar-refractivity contribution in [1.29, 1.82) is 0 Å². The number of amides is 1. The topological polar surface area (TPSA) is 54.0 Å². The standard InChI is InChI=1S/C17H25N3O3.ClH/c1-2-19(8-5-17(21)20-9-6-18-7-10-20)12-14-3-4-15-16(11-14)23-13-22-15;/h3-4,11,18H,2,5-10,12-13H2,1H3;1H. The lowest BCUT2D eigenvalue weighted by atomic mass is 10.2. The molecule has 1 aromatic rings. The van der Waals surface area contributed by atoms with E-state index in [-0.39, 0.29) is 18.3 Å². The second-order valence-corrected chi connectivity index (χ2v) is 5.94. The van der Waals surface area contributed by atoms with E-state index >= 15 is 0 Å². The third kappa shape index (κ3) is 4.75. The van der Waals surface area contributed by atoms with Crippen molar-refractivity contribution in [3.63, 3.8) is 0 Å². The molecule has 3 rings (SSSR count). The van der Waals surface area contributed by atoms with Crippen LogP contribution in [0.25, 0.3) is 0 Å². The molecule has 2 heterocycles. The van der Waals surface area contributed by atoms with E-state index in [4.69, 9.17) is 9.47 Å². The van der Waals surface area contributed by atoms with E-state index in [2.05, 4.69) is 23.2 Å². The number of ether oxygens (including phenoxy) is 2. The van der Waals surface area contributed by atoms with E-state index in [9.17, 15) is 4.79 Å². The first-order valence-corrected chi connectivity index (χ1v) is 8.35. The Bertz CT molecular complexity index is 550. The molecule has 1 saturated heterocycles. The van der Waals surface area contributed by atoms with E-state index in [0.717, 1.165) is 57.3 Å². The minimum absolute atomic E-state index is 0. The van der Waals surface area contributed by atoms with Gasteiger partial charge >= 0.3 is 0 Å². The van der Waals surface area contributed by atoms with Gasteiger partial charge in [0.15, 0.2) is 11.5 Å². The molecule has 0 spiro atoms. The van der Waals surface area contributed by atoms with Crippen LogP contribution in [0, 0.1) is 0 Å². The Morgan fingerprint density at radius 3 is 2.75 bits per heavy atom. The Balaban J connectivity index is 0.00000208. The van der Waals surface area contributed by atoms with Gasteiger partial charge in [0, 0.05) is 45.7 Å². The number of hydrogen-bond donors (Lipinski definition) is 1. The Kier molecular flexibility index (Phi) is 7.15. The van der Waals surface area contributed by atoms with Crippen LogP contribution in [-0.4, -0.2) is 61.8 Å². The predicted octanol–water partition coefficient (Wildman–Crippen LogP) is 1.48. The number of carbonyl (C=O) groups is 1. The van der Waals surface area contributed by atoms with Gasteiger partial charge in [-0.3, -0.25) is 9.69 Å². The smallest absolute Gasteiger partial charge is 0.231 e. The molecule has 0 bridgehead atoms. The number of nitrogens with one attached hydrogen (secondary N) is 1. The minimum Gasteiger partial charge on any atom is -0.454 e. The third-order valence-corrected chi connectivity index (χ3v) is 4.40. The number of benzene rings is 1. The summed E-state index contributed by atoms with van der Waals surface area (Å²) in [6.45, 7) is 8.41. The molecule has 2 aliphatic heterocycles. The average molecular weight is 356 g/mol. The molecule has 1 N–H and O–H groups in total. The van der Waals surface area contributed by atoms with Crippen LogP contribution in [0.2, 0.25) is 0 Å². The van der Waals surface area contributed by atoms with Gasteiger partial charge in [-0.2, -0.15) is 0 Å². The molecule has 6 nitrogen and oxygen atoms in total. The first-order chi connectivity index (χ1) is 11.3. The molecule has 0 radical (unpaired) electrons. The Labute approximate surface area is 149 Å². The Morgan fingerprint density at radius 2 is 2.00 bits per heavy atom. The van der Waals surface area contributed by atoms with E-state index in [1.165, 1.54) is 5.56 Å². The maximum Gasteiger partial charge on any atom is 0.231 e. The molecule has 24 heavy (non-hydrogen) atoms. The SMILES string of the molecule is CCN(CCC(=O)N1CCNCC1)Cc1ccc2c(c1)OCO2.Cl. The normalized spacial score (nSPS) is 16.2. The maximum atomic E-state index is 12.3. The molecule has 7 heteroatoms. The van der Waals surface area contributed by atoms with Crippen molar-refractivity contribution in [2.45, 2.75) is 19.9 Å². The second kappa shape index (κ2) is 9.11. The number of rotatable bonds is 6. The van der Waals surface area contributed by atoms with Gasteiger partial charge in [0.2, 0.25) is 12.7 Å². The van der Waals surface area contributed by atoms with Gasteiger partial charge in [-0.1, -0.05) is 13.0 Å². The summed E-state index contributed by atoms with van der Waals surface area (Å²) in [6, 6.07) is 6.05. The van der Waals surface area contributed by atoms with Crippen LogP contribution < -0.4 is 14.8 Å². The summed E-state index contributed by atoms with van der Waals surface area (Å²) in [4.78, 5) is 16.5. The summed E-state index contributed by atoms with van der Waals surface area (Å²) < 4.78 is 10.8. The largest absolute Gasteiger partial charge is 0.454 e. The van der Waals surface area contributed by atoms with Crippen molar-refractivity contribution in [3.05, 3.63) is 23.8 Å². The van der Waals surface area contributed by atoms with Crippen molar-refractivity contribution in [2.24, 2.45) is 0 Å². The van der Waals surface area contributed by atoms with Crippen LogP contribution >= 0.6 is 12.4 Å². The molecule has 134 valence electrons. The first-order valence-electron chi connectivity index (χ1n) is 8.35. The molecule has 0 unspecified atom stereocenters. The lowest BCUT2D eigenvalue weighted by molar-refractivity contribution is -0.132. The summed E-state index contributed by atoms with van der Waals surface area (Å²) in [5, 5.41) is 3.27. The van der Waals surface area contributed by atoms with Crippen LogP contribution in [0.3, 0.4) is 0 Å². The fraction of sp³-hybridized carbons (Fsp3) is 0.588. The van der Waals surface area contributed by atoms with Crippen LogP contribution in [0.1, 0.15) is 18.9 Å². The van der Waals surface area contributed by atoms with Gasteiger partial charge in [-0.05, 0) is 24.2 Å². The van der Waals surface area contributed by atoms with Gasteiger partial charge in [0.05, 0.1) is 0 Å². The summed E-state index contributed by atoms with van der Waals surface area (Å²) in [7, 11) is 0. The van der Waals surface area contributed by atoms with E-state index in [1.54, 1.807) is 0 Å². The fourth-order valence-corrected chi connectivity index (χ4v) is 2.97. The number of nitrogens with zero attached hydrogens (tertiary/aromatic N) is 2. The number of carbonyl (C=O) groups excluding carboxylic acids is 1. The summed E-state index contributed by atoms with van der Waals surface area (Å²) in [5.41, 5.74) is 1.19. The third-order valence-electron chi connectivity index (χ3n) is 4.40. The van der Waals surface area contributed by atoms with E-state index in [1.807, 2.05) is 17.0 Å². The molecular weight excluding hydrogens is 330 g/mol. The Morgan fingerprint density at radius 1 is 1.25 bits per heavy atom. The zero-order valence-electron chi connectivity index (χ0n) is 14.1. The zero-order valence-corrected chi connectivity index (χ0v) is 14.9. The van der Waals surface area contributed by atoms with Gasteiger partial charge in [-0.25, -0.2) is 0 Å². The predicted molar refractivity (Wildman–Crippen MR) is 94.8 cm³/mol. The van der Waals surface area contributed by atoms with Crippen molar-refractivity contribution < 1.29 is 14.3 Å². The number of halogens is 1. The summed E-state index contributed by atoms with van der Waals surface area (Å²) in [6.07, 6.45) is 0.582. The highest BCUT2D eigenvalue weighted by molar-refractivity contribution is 5.85. The highest BCUT2D eigenvalue weighted by Gasteiger charge is 2.18. The molecule has 0 aliphatic carbocycles. The molecule has 1 amide bonds. The average Bonchev–Trinajstić information content (AvgIpc) is 3.06. The van der Waals surface area contributed by atoms with Gasteiger partial charge in [0.25, 0.3) is 0 Å². The number of fused-ring (bicyclic) bond motifs is 1. The van der Waals surface area contributed by atoms with Crippen molar-refractivity contribution in [1.82, 2.24) is 15.1 Å².